The molecule has 0 aliphatic heterocycles. The Morgan fingerprint density at radius 3 is 1.24 bits per heavy atom. The maximum atomic E-state index is 5.35. The van der Waals surface area contributed by atoms with Gasteiger partial charge in [0.1, 0.15) is 0 Å². The number of nitrogens with zero attached hydrogens (tertiary/aromatic N) is 4. The lowest BCUT2D eigenvalue weighted by atomic mass is 9.70. The largest absolute Gasteiger partial charge is 0.278 e. The molecule has 2 aliphatic rings. The third-order valence-corrected chi connectivity index (χ3v) is 13.1. The van der Waals surface area contributed by atoms with Crippen molar-refractivity contribution in [2.75, 3.05) is 0 Å². The van der Waals surface area contributed by atoms with Crippen molar-refractivity contribution in [2.45, 2.75) is 5.41 Å². The smallest absolute Gasteiger partial charge is 0.238 e. The molecule has 0 N–H and O–H groups in total. The van der Waals surface area contributed by atoms with E-state index in [0.717, 1.165) is 44.1 Å². The van der Waals surface area contributed by atoms with Gasteiger partial charge in [-0.05, 0) is 85.0 Å². The van der Waals surface area contributed by atoms with E-state index < -0.39 is 5.41 Å². The first-order chi connectivity index (χ1) is 30.7. The summed E-state index contributed by atoms with van der Waals surface area (Å²) < 4.78 is 2.25. The van der Waals surface area contributed by atoms with Gasteiger partial charge in [0.15, 0.2) is 11.6 Å². The molecule has 2 aromatic heterocycles. The summed E-state index contributed by atoms with van der Waals surface area (Å²) in [5, 5.41) is 2.32. The number of hydrogen-bond donors (Lipinski definition) is 0. The van der Waals surface area contributed by atoms with Crippen LogP contribution in [0, 0.1) is 0 Å². The number of para-hydroxylation sites is 1. The number of hydrogen-bond acceptors (Lipinski definition) is 3. The van der Waals surface area contributed by atoms with Crippen LogP contribution in [0.1, 0.15) is 22.3 Å². The average molecular weight is 789 g/mol. The van der Waals surface area contributed by atoms with Crippen molar-refractivity contribution in [3.8, 4) is 73.2 Å². The van der Waals surface area contributed by atoms with Crippen LogP contribution in [0.2, 0.25) is 0 Å². The maximum Gasteiger partial charge on any atom is 0.238 e. The van der Waals surface area contributed by atoms with Gasteiger partial charge in [-0.15, -0.1) is 0 Å². The molecule has 2 aliphatic carbocycles. The van der Waals surface area contributed by atoms with Gasteiger partial charge in [0.05, 0.1) is 16.4 Å². The zero-order chi connectivity index (χ0) is 40.8. The van der Waals surface area contributed by atoms with E-state index in [9.17, 15) is 0 Å². The van der Waals surface area contributed by atoms with Crippen molar-refractivity contribution < 1.29 is 0 Å². The molecule has 0 saturated carbocycles. The van der Waals surface area contributed by atoms with Crippen molar-refractivity contribution in [3.63, 3.8) is 0 Å². The van der Waals surface area contributed by atoms with Crippen LogP contribution in [0.15, 0.2) is 218 Å². The molecule has 0 bridgehead atoms. The molecule has 11 aromatic rings. The van der Waals surface area contributed by atoms with Gasteiger partial charge < -0.3 is 0 Å². The van der Waals surface area contributed by atoms with E-state index in [-0.39, 0.29) is 0 Å². The first kappa shape index (κ1) is 34.6. The lowest BCUT2D eigenvalue weighted by Crippen LogP contribution is -2.25. The van der Waals surface area contributed by atoms with Crippen molar-refractivity contribution in [2.24, 2.45) is 0 Å². The van der Waals surface area contributed by atoms with E-state index in [2.05, 4.69) is 211 Å². The second-order valence-electron chi connectivity index (χ2n) is 16.3. The van der Waals surface area contributed by atoms with Crippen molar-refractivity contribution in [3.05, 3.63) is 241 Å². The summed E-state index contributed by atoms with van der Waals surface area (Å²) in [6.07, 6.45) is 0. The highest BCUT2D eigenvalue weighted by Crippen LogP contribution is 2.63. The first-order valence-corrected chi connectivity index (χ1v) is 21.2. The number of aromatic nitrogens is 4. The van der Waals surface area contributed by atoms with Gasteiger partial charge in [0.2, 0.25) is 5.95 Å². The molecular weight excluding hydrogens is 753 g/mol. The van der Waals surface area contributed by atoms with Gasteiger partial charge in [-0.25, -0.2) is 4.98 Å². The summed E-state index contributed by atoms with van der Waals surface area (Å²) in [5.41, 5.74) is 18.5. The minimum absolute atomic E-state index is 0.443. The van der Waals surface area contributed by atoms with Gasteiger partial charge >= 0.3 is 0 Å². The molecule has 9 aromatic carbocycles. The fourth-order valence-electron chi connectivity index (χ4n) is 10.4. The highest BCUT2D eigenvalue weighted by molar-refractivity contribution is 6.12. The summed E-state index contributed by atoms with van der Waals surface area (Å²) in [5.74, 6) is 1.81. The van der Waals surface area contributed by atoms with Crippen molar-refractivity contribution in [1.29, 1.82) is 0 Å². The summed E-state index contributed by atoms with van der Waals surface area (Å²) in [6.45, 7) is 0. The lowest BCUT2D eigenvalue weighted by molar-refractivity contribution is 0.795. The highest BCUT2D eigenvalue weighted by atomic mass is 15.2. The molecule has 0 fully saturated rings. The predicted molar refractivity (Wildman–Crippen MR) is 252 cm³/mol. The van der Waals surface area contributed by atoms with E-state index in [0.29, 0.717) is 17.6 Å². The third-order valence-electron chi connectivity index (χ3n) is 13.1. The van der Waals surface area contributed by atoms with E-state index in [4.69, 9.17) is 15.0 Å². The molecule has 2 heterocycles. The summed E-state index contributed by atoms with van der Waals surface area (Å²) in [6, 6.07) is 78.5. The van der Waals surface area contributed by atoms with Crippen LogP contribution in [0.4, 0.5) is 0 Å². The summed E-state index contributed by atoms with van der Waals surface area (Å²) in [4.78, 5) is 15.9. The van der Waals surface area contributed by atoms with Crippen LogP contribution in [-0.2, 0) is 5.41 Å². The molecule has 0 atom stereocenters. The second-order valence-corrected chi connectivity index (χ2v) is 16.3. The Morgan fingerprint density at radius 1 is 0.290 bits per heavy atom. The molecule has 0 amide bonds. The van der Waals surface area contributed by atoms with E-state index >= 15 is 0 Å². The topological polar surface area (TPSA) is 43.6 Å². The van der Waals surface area contributed by atoms with Crippen LogP contribution >= 0.6 is 0 Å². The molecule has 0 unspecified atom stereocenters. The average Bonchev–Trinajstić information content (AvgIpc) is 3.95. The summed E-state index contributed by atoms with van der Waals surface area (Å²) >= 11 is 0. The van der Waals surface area contributed by atoms with E-state index in [1.807, 2.05) is 12.1 Å². The minimum atomic E-state index is -0.443. The molecule has 1 spiro atoms. The Labute approximate surface area is 359 Å². The number of rotatable bonds is 5. The zero-order valence-electron chi connectivity index (χ0n) is 33.6. The predicted octanol–water partition coefficient (Wildman–Crippen LogP) is 14.0. The van der Waals surface area contributed by atoms with Gasteiger partial charge in [-0.1, -0.05) is 200 Å². The Balaban J connectivity index is 1.06. The molecule has 13 rings (SSSR count). The van der Waals surface area contributed by atoms with Crippen LogP contribution in [0.5, 0.6) is 0 Å². The highest BCUT2D eigenvalue weighted by Gasteiger charge is 2.51. The fourth-order valence-corrected chi connectivity index (χ4v) is 10.4. The van der Waals surface area contributed by atoms with Gasteiger partial charge in [-0.3, -0.25) is 4.57 Å². The molecular formula is C58H36N4. The molecule has 62 heavy (non-hydrogen) atoms. The molecule has 0 saturated heterocycles. The zero-order valence-corrected chi connectivity index (χ0v) is 33.6. The van der Waals surface area contributed by atoms with Crippen LogP contribution in [-0.4, -0.2) is 19.5 Å². The van der Waals surface area contributed by atoms with Crippen LogP contribution < -0.4 is 0 Å². The van der Waals surface area contributed by atoms with Gasteiger partial charge in [-0.2, -0.15) is 9.97 Å². The second kappa shape index (κ2) is 13.4. The first-order valence-electron chi connectivity index (χ1n) is 21.2. The maximum absolute atomic E-state index is 5.35. The van der Waals surface area contributed by atoms with E-state index in [1.165, 1.54) is 55.6 Å². The monoisotopic (exact) mass is 788 g/mol. The fraction of sp³-hybridized carbons (Fsp3) is 0.0172. The van der Waals surface area contributed by atoms with Crippen LogP contribution in [0.3, 0.4) is 0 Å². The normalized spacial score (nSPS) is 13.0. The van der Waals surface area contributed by atoms with Crippen molar-refractivity contribution in [1.82, 2.24) is 19.5 Å². The molecule has 0 radical (unpaired) electrons. The Hall–Kier alpha value is -8.21. The minimum Gasteiger partial charge on any atom is -0.278 e. The Kier molecular flexibility index (Phi) is 7.49. The standard InChI is InChI=1S/C58H36N4/c1-3-15-37(16-4-1)39-27-31-41(32-28-39)55-59-56(42-33-29-40(30-34-42)38-17-5-2-6-18-38)61-57(60-55)62-53-26-14-10-22-46(53)48-35-52-47(36-54(48)62)45-21-9-13-25-51(45)58(52)49-23-11-7-19-43(49)44-20-8-12-24-50(44)58/h1-36H. The molecule has 4 heteroatoms. The van der Waals surface area contributed by atoms with Gasteiger partial charge in [0, 0.05) is 21.9 Å². The van der Waals surface area contributed by atoms with E-state index in [1.54, 1.807) is 0 Å². The summed E-state index contributed by atoms with van der Waals surface area (Å²) in [7, 11) is 0. The molecule has 4 nitrogen and oxygen atoms in total. The van der Waals surface area contributed by atoms with Crippen LogP contribution in [0.25, 0.3) is 95.0 Å². The van der Waals surface area contributed by atoms with Crippen molar-refractivity contribution >= 4 is 21.8 Å². The molecule has 288 valence electrons. The quantitative estimate of drug-likeness (QED) is 0.174. The Morgan fingerprint density at radius 2 is 0.710 bits per heavy atom. The Bertz CT molecular complexity index is 3400. The number of benzene rings is 9. The lowest BCUT2D eigenvalue weighted by Gasteiger charge is -2.30. The number of fused-ring (bicyclic) bond motifs is 13. The SMILES string of the molecule is c1ccc(-c2ccc(-c3nc(-c4ccc(-c5ccccc5)cc4)nc(-n4c5ccccc5c5cc6c(cc54)-c4ccccc4C64c5ccccc5-c5ccccc54)n3)cc2)cc1. The van der Waals surface area contributed by atoms with Gasteiger partial charge in [0.25, 0.3) is 0 Å². The third kappa shape index (κ3) is 4.98.